The van der Waals surface area contributed by atoms with Crippen LogP contribution >= 0.6 is 11.3 Å². The van der Waals surface area contributed by atoms with E-state index >= 15 is 0 Å². The Morgan fingerprint density at radius 2 is 1.72 bits per heavy atom. The minimum absolute atomic E-state index is 0.143. The molecule has 0 amide bonds. The van der Waals surface area contributed by atoms with E-state index in [4.69, 9.17) is 0 Å². The van der Waals surface area contributed by atoms with Gasteiger partial charge < -0.3 is 0 Å². The molecule has 0 aliphatic heterocycles. The molecule has 8 heteroatoms. The van der Waals surface area contributed by atoms with Crippen molar-refractivity contribution in [1.29, 1.82) is 0 Å². The molecule has 152 valence electrons. The highest BCUT2D eigenvalue weighted by Crippen LogP contribution is 2.30. The minimum atomic E-state index is -4.41. The second kappa shape index (κ2) is 8.84. The van der Waals surface area contributed by atoms with Gasteiger partial charge in [0.2, 0.25) is 0 Å². The summed E-state index contributed by atoms with van der Waals surface area (Å²) in [4.78, 5) is 17.7. The summed E-state index contributed by atoms with van der Waals surface area (Å²) in [5, 5.41) is 2.35. The molecule has 0 unspecified atom stereocenters. The van der Waals surface area contributed by atoms with Crippen molar-refractivity contribution in [2.45, 2.75) is 32.7 Å². The first-order valence-corrected chi connectivity index (χ1v) is 9.67. The molecule has 29 heavy (non-hydrogen) atoms. The summed E-state index contributed by atoms with van der Waals surface area (Å²) >= 11 is 1.32. The fourth-order valence-electron chi connectivity index (χ4n) is 2.86. The molecule has 0 saturated carbocycles. The smallest absolute Gasteiger partial charge is 0.293 e. The Labute approximate surface area is 169 Å². The van der Waals surface area contributed by atoms with Crippen molar-refractivity contribution in [3.05, 3.63) is 87.1 Å². The molecule has 1 aromatic heterocycles. The SMILES string of the molecule is CC(=O)c1csc(CN(Cc2ccc(F)cc2)Cc2cccc(C(F)(F)F)c2)n1. The summed E-state index contributed by atoms with van der Waals surface area (Å²) in [6.07, 6.45) is -4.41. The molecule has 0 aliphatic carbocycles. The van der Waals surface area contributed by atoms with Crippen LogP contribution in [0.2, 0.25) is 0 Å². The second-order valence-electron chi connectivity index (χ2n) is 6.65. The molecule has 0 N–H and O–H groups in total. The second-order valence-corrected chi connectivity index (χ2v) is 7.60. The number of Topliss-reactive ketones (excluding diaryl/α,β-unsaturated/α-hetero) is 1. The summed E-state index contributed by atoms with van der Waals surface area (Å²) in [6, 6.07) is 11.1. The van der Waals surface area contributed by atoms with Crippen molar-refractivity contribution in [2.24, 2.45) is 0 Å². The number of carbonyl (C=O) groups is 1. The molecule has 3 nitrogen and oxygen atoms in total. The number of ketones is 1. The van der Waals surface area contributed by atoms with Gasteiger partial charge in [0.05, 0.1) is 12.1 Å². The molecule has 0 aliphatic rings. The maximum atomic E-state index is 13.2. The molecule has 0 fully saturated rings. The van der Waals surface area contributed by atoms with Gasteiger partial charge in [0.25, 0.3) is 0 Å². The van der Waals surface area contributed by atoms with E-state index in [2.05, 4.69) is 4.98 Å². The normalized spacial score (nSPS) is 11.8. The zero-order valence-corrected chi connectivity index (χ0v) is 16.4. The third kappa shape index (κ3) is 5.95. The highest BCUT2D eigenvalue weighted by molar-refractivity contribution is 7.09. The van der Waals surface area contributed by atoms with Crippen LogP contribution in [-0.2, 0) is 25.8 Å². The lowest BCUT2D eigenvalue weighted by atomic mass is 10.1. The van der Waals surface area contributed by atoms with Crippen LogP contribution in [0.5, 0.6) is 0 Å². The van der Waals surface area contributed by atoms with Gasteiger partial charge in [0.15, 0.2) is 5.78 Å². The average Bonchev–Trinajstić information content (AvgIpc) is 3.12. The van der Waals surface area contributed by atoms with E-state index in [1.54, 1.807) is 23.6 Å². The van der Waals surface area contributed by atoms with Crippen molar-refractivity contribution in [1.82, 2.24) is 9.88 Å². The summed E-state index contributed by atoms with van der Waals surface area (Å²) in [5.41, 5.74) is 0.989. The van der Waals surface area contributed by atoms with E-state index < -0.39 is 11.7 Å². The summed E-state index contributed by atoms with van der Waals surface area (Å²) in [7, 11) is 0. The predicted octanol–water partition coefficient (Wildman–Crippen LogP) is 5.71. The number of halogens is 4. The number of hydrogen-bond acceptors (Lipinski definition) is 4. The molecular weight excluding hydrogens is 404 g/mol. The number of alkyl halides is 3. The Morgan fingerprint density at radius 3 is 2.34 bits per heavy atom. The van der Waals surface area contributed by atoms with E-state index in [1.165, 1.54) is 36.5 Å². The van der Waals surface area contributed by atoms with Gasteiger partial charge in [-0.3, -0.25) is 9.69 Å². The van der Waals surface area contributed by atoms with Gasteiger partial charge in [-0.15, -0.1) is 11.3 Å². The van der Waals surface area contributed by atoms with Gasteiger partial charge >= 0.3 is 6.18 Å². The lowest BCUT2D eigenvalue weighted by Gasteiger charge is -2.22. The Bertz CT molecular complexity index is 983. The van der Waals surface area contributed by atoms with Crippen LogP contribution in [0.1, 0.15) is 39.1 Å². The standard InChI is InChI=1S/C21H18F4N2OS/c1-14(28)19-13-29-20(26-19)12-27(10-15-5-7-18(22)8-6-15)11-16-3-2-4-17(9-16)21(23,24)25/h2-9,13H,10-12H2,1H3. The maximum Gasteiger partial charge on any atom is 0.416 e. The van der Waals surface area contributed by atoms with Gasteiger partial charge in [-0.25, -0.2) is 9.37 Å². The molecule has 0 bridgehead atoms. The Hall–Kier alpha value is -2.58. The van der Waals surface area contributed by atoms with Crippen LogP contribution in [-0.4, -0.2) is 15.7 Å². The summed E-state index contributed by atoms with van der Waals surface area (Å²) < 4.78 is 52.3. The van der Waals surface area contributed by atoms with Crippen molar-refractivity contribution in [3.63, 3.8) is 0 Å². The lowest BCUT2D eigenvalue weighted by molar-refractivity contribution is -0.137. The summed E-state index contributed by atoms with van der Waals surface area (Å²) in [5.74, 6) is -0.500. The largest absolute Gasteiger partial charge is 0.416 e. The van der Waals surface area contributed by atoms with Gasteiger partial charge in [0, 0.05) is 25.4 Å². The topological polar surface area (TPSA) is 33.2 Å². The monoisotopic (exact) mass is 422 g/mol. The minimum Gasteiger partial charge on any atom is -0.293 e. The third-order valence-corrected chi connectivity index (χ3v) is 5.08. The molecule has 3 rings (SSSR count). The first-order chi connectivity index (χ1) is 13.7. The van der Waals surface area contributed by atoms with Crippen LogP contribution in [0.3, 0.4) is 0 Å². The number of thiazole rings is 1. The molecule has 0 saturated heterocycles. The Kier molecular flexibility index (Phi) is 6.44. The van der Waals surface area contributed by atoms with E-state index in [0.29, 0.717) is 29.4 Å². The first-order valence-electron chi connectivity index (χ1n) is 8.79. The first kappa shape index (κ1) is 21.1. The fraction of sp³-hybridized carbons (Fsp3) is 0.238. The van der Waals surface area contributed by atoms with E-state index in [-0.39, 0.29) is 18.1 Å². The molecular formula is C21H18F4N2OS. The quantitative estimate of drug-likeness (QED) is 0.361. The van der Waals surface area contributed by atoms with Crippen molar-refractivity contribution < 1.29 is 22.4 Å². The zero-order chi connectivity index (χ0) is 21.0. The Balaban J connectivity index is 1.83. The highest BCUT2D eigenvalue weighted by atomic mass is 32.1. The molecule has 0 spiro atoms. The van der Waals surface area contributed by atoms with Crippen molar-refractivity contribution >= 4 is 17.1 Å². The molecule has 3 aromatic rings. The number of aromatic nitrogens is 1. The number of hydrogen-bond donors (Lipinski definition) is 0. The van der Waals surface area contributed by atoms with E-state index in [9.17, 15) is 22.4 Å². The number of nitrogens with zero attached hydrogens (tertiary/aromatic N) is 2. The van der Waals surface area contributed by atoms with Crippen LogP contribution in [0.25, 0.3) is 0 Å². The zero-order valence-electron chi connectivity index (χ0n) is 15.5. The average molecular weight is 422 g/mol. The third-order valence-electron chi connectivity index (χ3n) is 4.25. The summed E-state index contributed by atoms with van der Waals surface area (Å²) in [6.45, 7) is 2.42. The molecule has 2 aromatic carbocycles. The molecule has 1 heterocycles. The van der Waals surface area contributed by atoms with Gasteiger partial charge in [-0.05, 0) is 29.3 Å². The van der Waals surface area contributed by atoms with E-state index in [1.807, 2.05) is 4.90 Å². The fourth-order valence-corrected chi connectivity index (χ4v) is 3.73. The van der Waals surface area contributed by atoms with Crippen molar-refractivity contribution in [2.75, 3.05) is 0 Å². The maximum absolute atomic E-state index is 13.2. The van der Waals surface area contributed by atoms with Crippen LogP contribution in [0.4, 0.5) is 17.6 Å². The van der Waals surface area contributed by atoms with Crippen LogP contribution < -0.4 is 0 Å². The number of carbonyl (C=O) groups excluding carboxylic acids is 1. The number of rotatable bonds is 7. The highest BCUT2D eigenvalue weighted by Gasteiger charge is 2.30. The Morgan fingerprint density at radius 1 is 1.03 bits per heavy atom. The van der Waals surface area contributed by atoms with E-state index in [0.717, 1.165) is 17.7 Å². The van der Waals surface area contributed by atoms with Crippen LogP contribution in [0.15, 0.2) is 53.9 Å². The van der Waals surface area contributed by atoms with Crippen molar-refractivity contribution in [3.8, 4) is 0 Å². The molecule has 0 atom stereocenters. The lowest BCUT2D eigenvalue weighted by Crippen LogP contribution is -2.22. The number of benzene rings is 2. The molecule has 0 radical (unpaired) electrons. The van der Waals surface area contributed by atoms with Crippen LogP contribution in [0, 0.1) is 5.82 Å². The van der Waals surface area contributed by atoms with Gasteiger partial charge in [0.1, 0.15) is 16.5 Å². The predicted molar refractivity (Wildman–Crippen MR) is 103 cm³/mol. The van der Waals surface area contributed by atoms with Gasteiger partial charge in [-0.2, -0.15) is 13.2 Å². The van der Waals surface area contributed by atoms with Gasteiger partial charge in [-0.1, -0.05) is 30.3 Å².